The third-order valence-corrected chi connectivity index (χ3v) is 6.68. The van der Waals surface area contributed by atoms with E-state index < -0.39 is 0 Å². The van der Waals surface area contributed by atoms with Gasteiger partial charge in [-0.05, 0) is 49.0 Å². The zero-order chi connectivity index (χ0) is 17.5. The van der Waals surface area contributed by atoms with Crippen LogP contribution in [0.4, 0.5) is 0 Å². The van der Waals surface area contributed by atoms with Crippen LogP contribution < -0.4 is 0 Å². The summed E-state index contributed by atoms with van der Waals surface area (Å²) in [7, 11) is 0. The van der Waals surface area contributed by atoms with Crippen LogP contribution in [0.5, 0.6) is 0 Å². The van der Waals surface area contributed by atoms with Crippen LogP contribution in [-0.4, -0.2) is 52.9 Å². The number of amides is 1. The number of pyridine rings is 1. The maximum absolute atomic E-state index is 13.2. The highest BCUT2D eigenvalue weighted by atomic mass is 16.2. The molecule has 1 aromatic heterocycles. The molecule has 136 valence electrons. The molecule has 2 aromatic rings. The summed E-state index contributed by atoms with van der Waals surface area (Å²) in [5.41, 5.74) is 0.593. The molecule has 3 aliphatic heterocycles. The molecule has 1 amide bonds. The second-order valence-corrected chi connectivity index (χ2v) is 8.47. The quantitative estimate of drug-likeness (QED) is 0.850. The number of fused-ring (bicyclic) bond motifs is 5. The van der Waals surface area contributed by atoms with Crippen molar-refractivity contribution in [3.05, 3.63) is 42.2 Å². The molecule has 4 nitrogen and oxygen atoms in total. The highest BCUT2D eigenvalue weighted by Crippen LogP contribution is 2.33. The van der Waals surface area contributed by atoms with Gasteiger partial charge in [0.25, 0.3) is 5.91 Å². The van der Waals surface area contributed by atoms with Crippen molar-refractivity contribution in [1.29, 1.82) is 0 Å². The molecule has 4 heteroatoms. The number of aromatic nitrogens is 1. The number of nitrogens with zero attached hydrogens (tertiary/aromatic N) is 3. The average Bonchev–Trinajstić information content (AvgIpc) is 2.95. The van der Waals surface area contributed by atoms with E-state index in [0.29, 0.717) is 17.7 Å². The van der Waals surface area contributed by atoms with Crippen LogP contribution in [0.3, 0.4) is 0 Å². The first-order valence-electron chi connectivity index (χ1n) is 10.1. The summed E-state index contributed by atoms with van der Waals surface area (Å²) in [5, 5.41) is 2.18. The molecule has 26 heavy (non-hydrogen) atoms. The van der Waals surface area contributed by atoms with E-state index in [-0.39, 0.29) is 5.91 Å². The minimum absolute atomic E-state index is 0.109. The maximum Gasteiger partial charge on any atom is 0.272 e. The van der Waals surface area contributed by atoms with Gasteiger partial charge in [-0.25, -0.2) is 0 Å². The van der Waals surface area contributed by atoms with Crippen molar-refractivity contribution < 1.29 is 4.79 Å². The second-order valence-electron chi connectivity index (χ2n) is 8.47. The fourth-order valence-electron chi connectivity index (χ4n) is 4.94. The fraction of sp³-hybridized carbons (Fsp3) is 0.545. The van der Waals surface area contributed by atoms with Crippen molar-refractivity contribution in [2.45, 2.75) is 38.1 Å². The fourth-order valence-corrected chi connectivity index (χ4v) is 4.94. The summed E-state index contributed by atoms with van der Waals surface area (Å²) >= 11 is 0. The summed E-state index contributed by atoms with van der Waals surface area (Å²) in [4.78, 5) is 22.4. The van der Waals surface area contributed by atoms with E-state index >= 15 is 0 Å². The molecule has 0 N–H and O–H groups in total. The lowest BCUT2D eigenvalue weighted by atomic mass is 9.83. The Labute approximate surface area is 155 Å². The van der Waals surface area contributed by atoms with Crippen LogP contribution in [0, 0.1) is 11.8 Å². The molecule has 2 atom stereocenters. The molecule has 1 aromatic carbocycles. The van der Waals surface area contributed by atoms with Crippen LogP contribution >= 0.6 is 0 Å². The minimum atomic E-state index is 0.109. The Morgan fingerprint density at radius 3 is 2.69 bits per heavy atom. The molecular formula is C22H27N3O. The Bertz CT molecular complexity index is 816. The van der Waals surface area contributed by atoms with Crippen LogP contribution in [0.2, 0.25) is 0 Å². The van der Waals surface area contributed by atoms with E-state index in [1.165, 1.54) is 45.2 Å². The van der Waals surface area contributed by atoms with Gasteiger partial charge < -0.3 is 4.90 Å². The van der Waals surface area contributed by atoms with Gasteiger partial charge in [-0.3, -0.25) is 14.7 Å². The van der Waals surface area contributed by atoms with E-state index in [2.05, 4.69) is 20.9 Å². The lowest BCUT2D eigenvalue weighted by Gasteiger charge is -2.40. The van der Waals surface area contributed by atoms with Gasteiger partial charge in [0, 0.05) is 43.8 Å². The monoisotopic (exact) mass is 349 g/mol. The maximum atomic E-state index is 13.2. The van der Waals surface area contributed by atoms with E-state index in [1.54, 1.807) is 0 Å². The van der Waals surface area contributed by atoms with Crippen molar-refractivity contribution in [3.63, 3.8) is 0 Å². The Morgan fingerprint density at radius 1 is 1.04 bits per heavy atom. The molecule has 1 aliphatic carbocycles. The molecule has 4 fully saturated rings. The second kappa shape index (κ2) is 6.66. The lowest BCUT2D eigenvalue weighted by molar-refractivity contribution is 0.0712. The highest BCUT2D eigenvalue weighted by Gasteiger charge is 2.38. The normalized spacial score (nSPS) is 26.7. The molecule has 0 unspecified atom stereocenters. The Hall–Kier alpha value is -1.94. The first kappa shape index (κ1) is 16.2. The predicted molar refractivity (Wildman–Crippen MR) is 103 cm³/mol. The third kappa shape index (κ3) is 3.01. The summed E-state index contributed by atoms with van der Waals surface area (Å²) < 4.78 is 0. The summed E-state index contributed by atoms with van der Waals surface area (Å²) in [6.45, 7) is 4.19. The standard InChI is InChI=1S/C22H27N3O/c26-22(21-10-18-6-1-2-7-19(18)11-23-21)25-14-17-8-9-20(15-25)24(13-17)12-16-4-3-5-16/h1-2,6-7,10-11,16-17,20H,3-5,8-9,12-15H2/t17-,20-/m0/s1. The number of carbonyl (C=O) groups is 1. The molecule has 3 saturated heterocycles. The van der Waals surface area contributed by atoms with Crippen LogP contribution in [0.1, 0.15) is 42.6 Å². The average molecular weight is 349 g/mol. The Morgan fingerprint density at radius 2 is 1.88 bits per heavy atom. The molecule has 0 spiro atoms. The van der Waals surface area contributed by atoms with Crippen molar-refractivity contribution in [2.24, 2.45) is 11.8 Å². The number of carbonyl (C=O) groups excluding carboxylic acids is 1. The lowest BCUT2D eigenvalue weighted by Crippen LogP contribution is -2.47. The first-order valence-corrected chi connectivity index (χ1v) is 10.1. The van der Waals surface area contributed by atoms with Gasteiger partial charge in [0.1, 0.15) is 5.69 Å². The van der Waals surface area contributed by atoms with E-state index in [9.17, 15) is 4.79 Å². The molecular weight excluding hydrogens is 322 g/mol. The number of piperidine rings is 1. The number of hydrogen-bond donors (Lipinski definition) is 0. The SMILES string of the molecule is O=C(c1cc2ccccc2cn1)N1C[C@H]2CC[C@@H](C1)N(CC1CCC1)C2. The number of rotatable bonds is 3. The van der Waals surface area contributed by atoms with E-state index in [4.69, 9.17) is 0 Å². The van der Waals surface area contributed by atoms with Crippen LogP contribution in [0.25, 0.3) is 10.8 Å². The molecule has 2 bridgehead atoms. The topological polar surface area (TPSA) is 36.4 Å². The van der Waals surface area contributed by atoms with Crippen LogP contribution in [0.15, 0.2) is 36.5 Å². The summed E-state index contributed by atoms with van der Waals surface area (Å²) in [6.07, 6.45) is 8.55. The molecule has 1 saturated carbocycles. The van der Waals surface area contributed by atoms with Crippen molar-refractivity contribution in [1.82, 2.24) is 14.8 Å². The van der Waals surface area contributed by atoms with Crippen molar-refractivity contribution in [3.8, 4) is 0 Å². The zero-order valence-corrected chi connectivity index (χ0v) is 15.3. The van der Waals surface area contributed by atoms with E-state index in [1.807, 2.05) is 30.5 Å². The zero-order valence-electron chi connectivity index (χ0n) is 15.3. The van der Waals surface area contributed by atoms with Gasteiger partial charge in [0.05, 0.1) is 0 Å². The Kier molecular flexibility index (Phi) is 4.16. The van der Waals surface area contributed by atoms with Gasteiger partial charge in [-0.2, -0.15) is 0 Å². The molecule has 4 heterocycles. The van der Waals surface area contributed by atoms with Gasteiger partial charge in [-0.1, -0.05) is 30.7 Å². The molecule has 6 rings (SSSR count). The summed E-state index contributed by atoms with van der Waals surface area (Å²) in [5.74, 6) is 1.64. The minimum Gasteiger partial charge on any atom is -0.335 e. The van der Waals surface area contributed by atoms with Gasteiger partial charge in [-0.15, -0.1) is 0 Å². The van der Waals surface area contributed by atoms with E-state index in [0.717, 1.165) is 29.8 Å². The van der Waals surface area contributed by atoms with Crippen LogP contribution in [-0.2, 0) is 0 Å². The Balaban J connectivity index is 1.35. The van der Waals surface area contributed by atoms with Crippen molar-refractivity contribution in [2.75, 3.05) is 26.2 Å². The molecule has 0 radical (unpaired) electrons. The van der Waals surface area contributed by atoms with Crippen molar-refractivity contribution >= 4 is 16.7 Å². The molecule has 4 aliphatic rings. The predicted octanol–water partition coefficient (Wildman–Crippen LogP) is 3.57. The largest absolute Gasteiger partial charge is 0.335 e. The number of benzene rings is 1. The smallest absolute Gasteiger partial charge is 0.272 e. The van der Waals surface area contributed by atoms with Gasteiger partial charge >= 0.3 is 0 Å². The number of hydrogen-bond acceptors (Lipinski definition) is 3. The van der Waals surface area contributed by atoms with Gasteiger partial charge in [0.15, 0.2) is 0 Å². The van der Waals surface area contributed by atoms with Gasteiger partial charge in [0.2, 0.25) is 0 Å². The summed E-state index contributed by atoms with van der Waals surface area (Å²) in [6, 6.07) is 10.6. The highest BCUT2D eigenvalue weighted by molar-refractivity contribution is 5.96. The first-order chi connectivity index (χ1) is 12.8. The third-order valence-electron chi connectivity index (χ3n) is 6.68.